The van der Waals surface area contributed by atoms with Gasteiger partial charge in [-0.25, -0.2) is 0 Å². The number of ether oxygens (including phenoxy) is 1. The van der Waals surface area contributed by atoms with Crippen LogP contribution in [0.3, 0.4) is 0 Å². The third kappa shape index (κ3) is 6.74. The van der Waals surface area contributed by atoms with E-state index in [2.05, 4.69) is 10.1 Å². The molecule has 5 nitrogen and oxygen atoms in total. The van der Waals surface area contributed by atoms with Gasteiger partial charge in [-0.3, -0.25) is 9.59 Å². The highest BCUT2D eigenvalue weighted by Crippen LogP contribution is 2.15. The summed E-state index contributed by atoms with van der Waals surface area (Å²) >= 11 is 0. The topological polar surface area (TPSA) is 58.6 Å². The fraction of sp³-hybridized carbons (Fsp3) is 0.529. The number of rotatable bonds is 7. The molecule has 138 valence electrons. The van der Waals surface area contributed by atoms with Gasteiger partial charge in [0.2, 0.25) is 5.91 Å². The summed E-state index contributed by atoms with van der Waals surface area (Å²) in [7, 11) is 0. The smallest absolute Gasteiger partial charge is 0.372 e. The van der Waals surface area contributed by atoms with Gasteiger partial charge in [-0.2, -0.15) is 13.2 Å². The molecule has 1 heterocycles. The molecule has 8 heteroatoms. The van der Waals surface area contributed by atoms with Crippen LogP contribution in [0.1, 0.15) is 35.2 Å². The van der Waals surface area contributed by atoms with E-state index in [-0.39, 0.29) is 25.5 Å². The standard InChI is InChI=1S/C17H21F3N2O3/c18-17(19,20)12-25-9-6-15(23)21-11-13-4-3-5-14(10-13)16(24)22-7-1-2-8-22/h3-5,10H,1-2,6-9,11-12H2,(H,21,23). The Kier molecular flexibility index (Phi) is 6.81. The normalized spacial score (nSPS) is 14.6. The minimum atomic E-state index is -4.39. The van der Waals surface area contributed by atoms with Crippen LogP contribution in [0, 0.1) is 0 Å². The lowest BCUT2D eigenvalue weighted by molar-refractivity contribution is -0.174. The van der Waals surface area contributed by atoms with E-state index < -0.39 is 18.7 Å². The molecule has 0 unspecified atom stereocenters. The molecule has 0 aromatic heterocycles. The predicted octanol–water partition coefficient (Wildman–Crippen LogP) is 2.51. The van der Waals surface area contributed by atoms with Crippen LogP contribution >= 0.6 is 0 Å². The highest BCUT2D eigenvalue weighted by atomic mass is 19.4. The number of carbonyl (C=O) groups is 2. The summed E-state index contributed by atoms with van der Waals surface area (Å²) in [6, 6.07) is 6.98. The largest absolute Gasteiger partial charge is 0.411 e. The molecule has 0 radical (unpaired) electrons. The Hall–Kier alpha value is -2.09. The molecule has 0 spiro atoms. The zero-order chi connectivity index (χ0) is 18.3. The molecule has 1 aliphatic rings. The second-order valence-electron chi connectivity index (χ2n) is 5.89. The fourth-order valence-electron chi connectivity index (χ4n) is 2.56. The first-order chi connectivity index (χ1) is 11.8. The van der Waals surface area contributed by atoms with Gasteiger partial charge in [-0.05, 0) is 30.5 Å². The molecule has 1 N–H and O–H groups in total. The minimum absolute atomic E-state index is 0.0220. The molecule has 0 atom stereocenters. The van der Waals surface area contributed by atoms with E-state index >= 15 is 0 Å². The number of benzene rings is 1. The van der Waals surface area contributed by atoms with Crippen molar-refractivity contribution in [3.63, 3.8) is 0 Å². The van der Waals surface area contributed by atoms with Crippen molar-refractivity contribution >= 4 is 11.8 Å². The minimum Gasteiger partial charge on any atom is -0.372 e. The van der Waals surface area contributed by atoms with Gasteiger partial charge in [0.05, 0.1) is 6.61 Å². The molecular weight excluding hydrogens is 337 g/mol. The number of likely N-dealkylation sites (tertiary alicyclic amines) is 1. The molecule has 25 heavy (non-hydrogen) atoms. The van der Waals surface area contributed by atoms with Crippen LogP contribution in [0.4, 0.5) is 13.2 Å². The van der Waals surface area contributed by atoms with Crippen molar-refractivity contribution in [3.8, 4) is 0 Å². The monoisotopic (exact) mass is 358 g/mol. The molecule has 1 fully saturated rings. The maximum absolute atomic E-state index is 12.3. The van der Waals surface area contributed by atoms with Gasteiger partial charge in [0.25, 0.3) is 5.91 Å². The van der Waals surface area contributed by atoms with E-state index in [0.717, 1.165) is 31.5 Å². The van der Waals surface area contributed by atoms with Crippen LogP contribution in [0.2, 0.25) is 0 Å². The summed E-state index contributed by atoms with van der Waals surface area (Å²) in [5.74, 6) is -0.426. The van der Waals surface area contributed by atoms with Crippen LogP contribution in [-0.4, -0.2) is 49.2 Å². The van der Waals surface area contributed by atoms with E-state index in [1.165, 1.54) is 0 Å². The van der Waals surface area contributed by atoms with E-state index in [4.69, 9.17) is 0 Å². The molecule has 1 aliphatic heterocycles. The maximum Gasteiger partial charge on any atom is 0.411 e. The number of nitrogens with one attached hydrogen (secondary N) is 1. The Bertz CT molecular complexity index is 599. The molecule has 0 bridgehead atoms. The van der Waals surface area contributed by atoms with Gasteiger partial charge >= 0.3 is 6.18 Å². The fourth-order valence-corrected chi connectivity index (χ4v) is 2.56. The number of alkyl halides is 3. The predicted molar refractivity (Wildman–Crippen MR) is 84.9 cm³/mol. The molecule has 2 rings (SSSR count). The number of hydrogen-bond acceptors (Lipinski definition) is 3. The Balaban J connectivity index is 1.76. The zero-order valence-electron chi connectivity index (χ0n) is 13.8. The van der Waals surface area contributed by atoms with Crippen molar-refractivity contribution < 1.29 is 27.5 Å². The Labute approximate surface area is 144 Å². The van der Waals surface area contributed by atoms with Gasteiger partial charge in [-0.15, -0.1) is 0 Å². The van der Waals surface area contributed by atoms with Gasteiger partial charge in [0.15, 0.2) is 0 Å². The molecule has 1 saturated heterocycles. The van der Waals surface area contributed by atoms with Crippen molar-refractivity contribution in [2.24, 2.45) is 0 Å². The summed E-state index contributed by atoms with van der Waals surface area (Å²) in [4.78, 5) is 25.7. The first-order valence-electron chi connectivity index (χ1n) is 8.14. The lowest BCUT2D eigenvalue weighted by atomic mass is 10.1. The van der Waals surface area contributed by atoms with Crippen LogP contribution in [-0.2, 0) is 16.1 Å². The van der Waals surface area contributed by atoms with E-state index in [9.17, 15) is 22.8 Å². The molecule has 1 aromatic rings. The summed E-state index contributed by atoms with van der Waals surface area (Å²) in [5, 5.41) is 2.61. The number of nitrogens with zero attached hydrogens (tertiary/aromatic N) is 1. The molecule has 0 aliphatic carbocycles. The average molecular weight is 358 g/mol. The summed E-state index contributed by atoms with van der Waals surface area (Å²) in [5.41, 5.74) is 1.33. The average Bonchev–Trinajstić information content (AvgIpc) is 3.10. The molecular formula is C17H21F3N2O3. The molecule has 1 aromatic carbocycles. The van der Waals surface area contributed by atoms with Crippen molar-refractivity contribution in [3.05, 3.63) is 35.4 Å². The van der Waals surface area contributed by atoms with Gasteiger partial charge in [-0.1, -0.05) is 12.1 Å². The van der Waals surface area contributed by atoms with Crippen LogP contribution in [0.15, 0.2) is 24.3 Å². The number of halogens is 3. The maximum atomic E-state index is 12.3. The van der Waals surface area contributed by atoms with Crippen molar-refractivity contribution in [2.75, 3.05) is 26.3 Å². The quantitative estimate of drug-likeness (QED) is 0.762. The van der Waals surface area contributed by atoms with E-state index in [0.29, 0.717) is 5.56 Å². The van der Waals surface area contributed by atoms with Gasteiger partial charge in [0, 0.05) is 31.6 Å². The number of carbonyl (C=O) groups excluding carboxylic acids is 2. The zero-order valence-corrected chi connectivity index (χ0v) is 13.8. The van der Waals surface area contributed by atoms with Gasteiger partial charge in [0.1, 0.15) is 6.61 Å². The summed E-state index contributed by atoms with van der Waals surface area (Å²) < 4.78 is 40.1. The van der Waals surface area contributed by atoms with Crippen molar-refractivity contribution in [2.45, 2.75) is 32.0 Å². The van der Waals surface area contributed by atoms with E-state index in [1.807, 2.05) is 0 Å². The summed E-state index contributed by atoms with van der Waals surface area (Å²) in [6.45, 7) is 0.0778. The van der Waals surface area contributed by atoms with Crippen LogP contribution in [0.5, 0.6) is 0 Å². The van der Waals surface area contributed by atoms with Crippen molar-refractivity contribution in [1.29, 1.82) is 0 Å². The van der Waals surface area contributed by atoms with Crippen LogP contribution < -0.4 is 5.32 Å². The second kappa shape index (κ2) is 8.84. The summed E-state index contributed by atoms with van der Waals surface area (Å²) in [6.07, 6.45) is -2.52. The SMILES string of the molecule is O=C(CCOCC(F)(F)F)NCc1cccc(C(=O)N2CCCC2)c1. The molecule has 2 amide bonds. The third-order valence-corrected chi connectivity index (χ3v) is 3.80. The lowest BCUT2D eigenvalue weighted by Gasteiger charge is -2.15. The number of hydrogen-bond donors (Lipinski definition) is 1. The van der Waals surface area contributed by atoms with Crippen molar-refractivity contribution in [1.82, 2.24) is 10.2 Å². The second-order valence-corrected chi connectivity index (χ2v) is 5.89. The molecule has 0 saturated carbocycles. The highest BCUT2D eigenvalue weighted by Gasteiger charge is 2.27. The van der Waals surface area contributed by atoms with E-state index in [1.54, 1.807) is 29.2 Å². The highest BCUT2D eigenvalue weighted by molar-refractivity contribution is 5.94. The Morgan fingerprint density at radius 3 is 2.60 bits per heavy atom. The first-order valence-corrected chi connectivity index (χ1v) is 8.14. The van der Waals surface area contributed by atoms with Gasteiger partial charge < -0.3 is 15.0 Å². The Morgan fingerprint density at radius 1 is 1.20 bits per heavy atom. The number of amides is 2. The Morgan fingerprint density at radius 2 is 1.92 bits per heavy atom. The first kappa shape index (κ1) is 19.2. The third-order valence-electron chi connectivity index (χ3n) is 3.80. The lowest BCUT2D eigenvalue weighted by Crippen LogP contribution is -2.28. The van der Waals surface area contributed by atoms with Crippen LogP contribution in [0.25, 0.3) is 0 Å².